The highest BCUT2D eigenvalue weighted by atomic mass is 15.2. The van der Waals surface area contributed by atoms with E-state index in [1.165, 1.54) is 25.7 Å². The van der Waals surface area contributed by atoms with E-state index in [0.29, 0.717) is 0 Å². The van der Waals surface area contributed by atoms with Gasteiger partial charge < -0.3 is 10.6 Å². The number of piperidine rings is 1. The zero-order valence-corrected chi connectivity index (χ0v) is 10.9. The summed E-state index contributed by atoms with van der Waals surface area (Å²) in [7, 11) is 0. The van der Waals surface area contributed by atoms with Crippen molar-refractivity contribution in [3.63, 3.8) is 0 Å². The zero-order chi connectivity index (χ0) is 12.3. The minimum Gasteiger partial charge on any atom is -0.397 e. The molecule has 0 radical (unpaired) electrons. The van der Waals surface area contributed by atoms with Gasteiger partial charge in [0.05, 0.1) is 11.9 Å². The molecule has 0 amide bonds. The molecule has 1 fully saturated rings. The van der Waals surface area contributed by atoms with Gasteiger partial charge in [0.2, 0.25) is 0 Å². The normalized spacial score (nSPS) is 17.4. The number of aryl methyl sites for hydroxylation is 1. The molecule has 2 N–H and O–H groups in total. The van der Waals surface area contributed by atoms with E-state index in [-0.39, 0.29) is 0 Å². The van der Waals surface area contributed by atoms with Crippen molar-refractivity contribution in [1.29, 1.82) is 0 Å². The average molecular weight is 233 g/mol. The van der Waals surface area contributed by atoms with Crippen LogP contribution in [0, 0.1) is 12.8 Å². The number of nitrogens with zero attached hydrogens (tertiary/aromatic N) is 2. The van der Waals surface area contributed by atoms with Crippen LogP contribution in [0.1, 0.15) is 38.2 Å². The molecule has 1 aliphatic heterocycles. The van der Waals surface area contributed by atoms with Crippen LogP contribution in [0.25, 0.3) is 0 Å². The summed E-state index contributed by atoms with van der Waals surface area (Å²) in [5.41, 5.74) is 7.72. The molecule has 0 spiro atoms. The molecule has 1 aliphatic rings. The largest absolute Gasteiger partial charge is 0.397 e. The SMILES string of the molecule is CCCC1CCN(c2cc(C)c(N)cn2)CC1. The summed E-state index contributed by atoms with van der Waals surface area (Å²) in [6.45, 7) is 6.60. The Morgan fingerprint density at radius 1 is 1.41 bits per heavy atom. The van der Waals surface area contributed by atoms with Crippen molar-refractivity contribution in [3.05, 3.63) is 17.8 Å². The number of hydrogen-bond acceptors (Lipinski definition) is 3. The Morgan fingerprint density at radius 2 is 2.12 bits per heavy atom. The Kier molecular flexibility index (Phi) is 3.87. The molecule has 3 nitrogen and oxygen atoms in total. The van der Waals surface area contributed by atoms with Crippen LogP contribution in [0.2, 0.25) is 0 Å². The Hall–Kier alpha value is -1.25. The third-order valence-corrected chi connectivity index (χ3v) is 3.77. The van der Waals surface area contributed by atoms with Crippen LogP contribution in [0.4, 0.5) is 11.5 Å². The molecule has 2 rings (SSSR count). The fourth-order valence-electron chi connectivity index (χ4n) is 2.58. The molecule has 0 aromatic carbocycles. The molecule has 0 saturated carbocycles. The number of hydrogen-bond donors (Lipinski definition) is 1. The maximum Gasteiger partial charge on any atom is 0.128 e. The molecular weight excluding hydrogens is 210 g/mol. The van der Waals surface area contributed by atoms with E-state index in [2.05, 4.69) is 22.9 Å². The van der Waals surface area contributed by atoms with Crippen LogP contribution in [-0.2, 0) is 0 Å². The molecule has 0 aliphatic carbocycles. The number of pyridine rings is 1. The lowest BCUT2D eigenvalue weighted by Gasteiger charge is -2.33. The van der Waals surface area contributed by atoms with Crippen molar-refractivity contribution < 1.29 is 0 Å². The third kappa shape index (κ3) is 2.90. The molecule has 17 heavy (non-hydrogen) atoms. The summed E-state index contributed by atoms with van der Waals surface area (Å²) in [4.78, 5) is 6.82. The maximum absolute atomic E-state index is 5.80. The third-order valence-electron chi connectivity index (χ3n) is 3.77. The van der Waals surface area contributed by atoms with Gasteiger partial charge >= 0.3 is 0 Å². The molecule has 0 atom stereocenters. The highest BCUT2D eigenvalue weighted by Crippen LogP contribution is 2.26. The van der Waals surface area contributed by atoms with Crippen LogP contribution in [0.5, 0.6) is 0 Å². The van der Waals surface area contributed by atoms with Crippen molar-refractivity contribution in [2.24, 2.45) is 5.92 Å². The summed E-state index contributed by atoms with van der Waals surface area (Å²) in [5.74, 6) is 2.01. The number of nitrogens with two attached hydrogens (primary N) is 1. The number of aromatic nitrogens is 1. The monoisotopic (exact) mass is 233 g/mol. The number of anilines is 2. The van der Waals surface area contributed by atoms with Crippen LogP contribution in [-0.4, -0.2) is 18.1 Å². The Balaban J connectivity index is 1.98. The fourth-order valence-corrected chi connectivity index (χ4v) is 2.58. The van der Waals surface area contributed by atoms with E-state index in [1.807, 2.05) is 6.92 Å². The number of nitrogen functional groups attached to an aromatic ring is 1. The summed E-state index contributed by atoms with van der Waals surface area (Å²) in [5, 5.41) is 0. The molecule has 94 valence electrons. The average Bonchev–Trinajstić information content (AvgIpc) is 2.34. The predicted octanol–water partition coefficient (Wildman–Crippen LogP) is 2.99. The smallest absolute Gasteiger partial charge is 0.128 e. The number of rotatable bonds is 3. The van der Waals surface area contributed by atoms with Gasteiger partial charge in [-0.3, -0.25) is 0 Å². The van der Waals surface area contributed by atoms with Gasteiger partial charge in [-0.2, -0.15) is 0 Å². The first kappa shape index (κ1) is 12.2. The van der Waals surface area contributed by atoms with Gasteiger partial charge in [-0.05, 0) is 37.3 Å². The van der Waals surface area contributed by atoms with Crippen molar-refractivity contribution in [1.82, 2.24) is 4.98 Å². The van der Waals surface area contributed by atoms with Gasteiger partial charge in [-0.25, -0.2) is 4.98 Å². The highest BCUT2D eigenvalue weighted by Gasteiger charge is 2.19. The van der Waals surface area contributed by atoms with Gasteiger partial charge in [-0.15, -0.1) is 0 Å². The summed E-state index contributed by atoms with van der Waals surface area (Å²) < 4.78 is 0. The Bertz CT molecular complexity index is 368. The van der Waals surface area contributed by atoms with Crippen molar-refractivity contribution in [2.75, 3.05) is 23.7 Å². The summed E-state index contributed by atoms with van der Waals surface area (Å²) in [6.07, 6.45) is 7.08. The summed E-state index contributed by atoms with van der Waals surface area (Å²) in [6, 6.07) is 2.11. The van der Waals surface area contributed by atoms with Gasteiger partial charge in [-0.1, -0.05) is 19.8 Å². The van der Waals surface area contributed by atoms with Crippen molar-refractivity contribution in [2.45, 2.75) is 39.5 Å². The van der Waals surface area contributed by atoms with Crippen LogP contribution < -0.4 is 10.6 Å². The predicted molar refractivity (Wildman–Crippen MR) is 73.2 cm³/mol. The summed E-state index contributed by atoms with van der Waals surface area (Å²) >= 11 is 0. The van der Waals surface area contributed by atoms with Gasteiger partial charge in [0, 0.05) is 13.1 Å². The van der Waals surface area contributed by atoms with Crippen molar-refractivity contribution >= 4 is 11.5 Å². The van der Waals surface area contributed by atoms with E-state index in [4.69, 9.17) is 5.73 Å². The Morgan fingerprint density at radius 3 is 2.71 bits per heavy atom. The first-order valence-electron chi connectivity index (χ1n) is 6.67. The zero-order valence-electron chi connectivity index (χ0n) is 10.9. The lowest BCUT2D eigenvalue weighted by Crippen LogP contribution is -2.34. The van der Waals surface area contributed by atoms with E-state index in [0.717, 1.165) is 36.1 Å². The molecule has 0 unspecified atom stereocenters. The van der Waals surface area contributed by atoms with E-state index in [1.54, 1.807) is 6.20 Å². The minimum absolute atomic E-state index is 0.787. The lowest BCUT2D eigenvalue weighted by atomic mass is 9.92. The standard InChI is InChI=1S/C14H23N3/c1-3-4-12-5-7-17(8-6-12)14-9-11(2)13(15)10-16-14/h9-10,12H,3-8,15H2,1-2H3. The van der Waals surface area contributed by atoms with Crippen molar-refractivity contribution in [3.8, 4) is 0 Å². The van der Waals surface area contributed by atoms with E-state index < -0.39 is 0 Å². The van der Waals surface area contributed by atoms with Gasteiger partial charge in [0.25, 0.3) is 0 Å². The second kappa shape index (κ2) is 5.39. The fraction of sp³-hybridized carbons (Fsp3) is 0.643. The van der Waals surface area contributed by atoms with Crippen LogP contribution in [0.3, 0.4) is 0 Å². The highest BCUT2D eigenvalue weighted by molar-refractivity contribution is 5.52. The second-order valence-corrected chi connectivity index (χ2v) is 5.12. The molecule has 1 aromatic heterocycles. The van der Waals surface area contributed by atoms with Crippen LogP contribution >= 0.6 is 0 Å². The van der Waals surface area contributed by atoms with E-state index >= 15 is 0 Å². The van der Waals surface area contributed by atoms with Crippen LogP contribution in [0.15, 0.2) is 12.3 Å². The van der Waals surface area contributed by atoms with Gasteiger partial charge in [0.1, 0.15) is 5.82 Å². The quantitative estimate of drug-likeness (QED) is 0.872. The minimum atomic E-state index is 0.787. The Labute approximate surface area is 104 Å². The maximum atomic E-state index is 5.80. The molecule has 1 aromatic rings. The first-order valence-corrected chi connectivity index (χ1v) is 6.67. The van der Waals surface area contributed by atoms with E-state index in [9.17, 15) is 0 Å². The lowest BCUT2D eigenvalue weighted by molar-refractivity contribution is 0.377. The molecule has 2 heterocycles. The topological polar surface area (TPSA) is 42.1 Å². The second-order valence-electron chi connectivity index (χ2n) is 5.12. The molecule has 0 bridgehead atoms. The van der Waals surface area contributed by atoms with Gasteiger partial charge in [0.15, 0.2) is 0 Å². The molecule has 3 heteroatoms. The molecular formula is C14H23N3. The molecule has 1 saturated heterocycles. The first-order chi connectivity index (χ1) is 8.20.